The lowest BCUT2D eigenvalue weighted by Crippen LogP contribution is -2.42. The molecule has 1 N–H and O–H groups in total. The van der Waals surface area contributed by atoms with E-state index in [1.165, 1.54) is 29.2 Å². The third-order valence-electron chi connectivity index (χ3n) is 8.47. The molecule has 2 aromatic rings. The molecule has 41 heavy (non-hydrogen) atoms. The Morgan fingerprint density at radius 3 is 2.02 bits per heavy atom. The van der Waals surface area contributed by atoms with Crippen LogP contribution < -0.4 is 0 Å². The van der Waals surface area contributed by atoms with Crippen molar-refractivity contribution in [3.8, 4) is 0 Å². The summed E-state index contributed by atoms with van der Waals surface area (Å²) in [6, 6.07) is 9.89. The van der Waals surface area contributed by atoms with E-state index in [1.807, 2.05) is 0 Å². The van der Waals surface area contributed by atoms with Crippen molar-refractivity contribution >= 4 is 25.8 Å². The van der Waals surface area contributed by atoms with Crippen molar-refractivity contribution in [2.45, 2.75) is 54.6 Å². The molecule has 1 amide bonds. The third-order valence-corrected chi connectivity index (χ3v) is 11.9. The van der Waals surface area contributed by atoms with Crippen LogP contribution in [0.3, 0.4) is 0 Å². The SMILES string of the molecule is CS(=O)(=O)c1ccc(C(CCN2CCC(CCS(=O)(=O)C3CCN(C(=O)O)CC3)CC2)c2cc(F)cc(F)c2)cc1. The Hall–Kier alpha value is -2.57. The van der Waals surface area contributed by atoms with Crippen LogP contribution in [0.2, 0.25) is 0 Å². The van der Waals surface area contributed by atoms with E-state index in [2.05, 4.69) is 4.90 Å². The van der Waals surface area contributed by atoms with Gasteiger partial charge in [-0.2, -0.15) is 0 Å². The molecule has 0 saturated carbocycles. The maximum Gasteiger partial charge on any atom is 0.407 e. The Bertz CT molecular complexity index is 1400. The normalized spacial score (nSPS) is 18.9. The van der Waals surface area contributed by atoms with E-state index in [0.29, 0.717) is 37.8 Å². The summed E-state index contributed by atoms with van der Waals surface area (Å²) < 4.78 is 77.7. The molecule has 0 bridgehead atoms. The topological polar surface area (TPSA) is 112 Å². The van der Waals surface area contributed by atoms with E-state index >= 15 is 0 Å². The molecular formula is C29H38F2N2O6S2. The molecule has 2 aliphatic heterocycles. The average molecular weight is 613 g/mol. The predicted molar refractivity (Wildman–Crippen MR) is 153 cm³/mol. The fraction of sp³-hybridized carbons (Fsp3) is 0.552. The van der Waals surface area contributed by atoms with Crippen molar-refractivity contribution in [2.24, 2.45) is 5.92 Å². The highest BCUT2D eigenvalue weighted by Gasteiger charge is 2.32. The number of rotatable bonds is 10. The standard InChI is InChI=1S/C29H38F2N2O6S2/c1-40(36,37)26-4-2-22(3-5-26)28(23-18-24(30)20-25(31)19-23)10-14-32-12-6-21(7-13-32)11-17-41(38,39)27-8-15-33(16-9-27)29(34)35/h2-5,18-21,27-28H,6-17H2,1H3,(H,34,35). The Morgan fingerprint density at radius 1 is 0.902 bits per heavy atom. The van der Waals surface area contributed by atoms with Gasteiger partial charge in [0.25, 0.3) is 0 Å². The van der Waals surface area contributed by atoms with Gasteiger partial charge in [0, 0.05) is 31.3 Å². The van der Waals surface area contributed by atoms with E-state index in [4.69, 9.17) is 5.11 Å². The smallest absolute Gasteiger partial charge is 0.407 e. The van der Waals surface area contributed by atoms with Crippen molar-refractivity contribution in [1.82, 2.24) is 9.80 Å². The minimum Gasteiger partial charge on any atom is -0.465 e. The fourth-order valence-electron chi connectivity index (χ4n) is 5.96. The van der Waals surface area contributed by atoms with E-state index < -0.39 is 42.7 Å². The van der Waals surface area contributed by atoms with Crippen molar-refractivity contribution in [3.63, 3.8) is 0 Å². The van der Waals surface area contributed by atoms with Crippen LogP contribution in [-0.2, 0) is 19.7 Å². The van der Waals surface area contributed by atoms with Crippen molar-refractivity contribution in [2.75, 3.05) is 44.7 Å². The molecule has 2 aromatic carbocycles. The van der Waals surface area contributed by atoms with Gasteiger partial charge in [0.15, 0.2) is 19.7 Å². The molecule has 2 saturated heterocycles. The van der Waals surface area contributed by atoms with Gasteiger partial charge in [-0.25, -0.2) is 30.4 Å². The number of carbonyl (C=O) groups is 1. The number of nitrogens with zero attached hydrogens (tertiary/aromatic N) is 2. The van der Waals surface area contributed by atoms with E-state index in [1.54, 1.807) is 12.1 Å². The molecule has 0 aliphatic carbocycles. The zero-order valence-electron chi connectivity index (χ0n) is 23.2. The summed E-state index contributed by atoms with van der Waals surface area (Å²) in [4.78, 5) is 14.8. The van der Waals surface area contributed by atoms with Gasteiger partial charge >= 0.3 is 6.09 Å². The number of sulfone groups is 2. The highest BCUT2D eigenvalue weighted by Crippen LogP contribution is 2.32. The lowest BCUT2D eigenvalue weighted by Gasteiger charge is -2.34. The number of hydrogen-bond donors (Lipinski definition) is 1. The summed E-state index contributed by atoms with van der Waals surface area (Å²) in [7, 11) is -6.65. The van der Waals surface area contributed by atoms with Gasteiger partial charge < -0.3 is 14.9 Å². The van der Waals surface area contributed by atoms with Gasteiger partial charge in [-0.15, -0.1) is 0 Å². The van der Waals surface area contributed by atoms with Gasteiger partial charge in [-0.3, -0.25) is 0 Å². The number of carboxylic acid groups (broad SMARTS) is 1. The molecule has 1 unspecified atom stereocenters. The molecule has 0 radical (unpaired) electrons. The molecule has 2 aliphatic rings. The van der Waals surface area contributed by atoms with Crippen LogP contribution in [-0.4, -0.2) is 87.8 Å². The molecule has 2 fully saturated rings. The van der Waals surface area contributed by atoms with Gasteiger partial charge in [-0.05, 0) is 99.5 Å². The second kappa shape index (κ2) is 13.2. The summed E-state index contributed by atoms with van der Waals surface area (Å²) >= 11 is 0. The second-order valence-corrected chi connectivity index (χ2v) is 15.7. The average Bonchev–Trinajstić information content (AvgIpc) is 2.92. The highest BCUT2D eigenvalue weighted by atomic mass is 32.2. The highest BCUT2D eigenvalue weighted by molar-refractivity contribution is 7.92. The first-order chi connectivity index (χ1) is 19.3. The van der Waals surface area contributed by atoms with Crippen LogP contribution in [0.15, 0.2) is 47.4 Å². The lowest BCUT2D eigenvalue weighted by atomic mass is 9.87. The number of piperidine rings is 2. The molecule has 8 nitrogen and oxygen atoms in total. The zero-order chi connectivity index (χ0) is 29.8. The summed E-state index contributed by atoms with van der Waals surface area (Å²) in [6.45, 7) is 2.76. The largest absolute Gasteiger partial charge is 0.465 e. The molecule has 12 heteroatoms. The van der Waals surface area contributed by atoms with Crippen molar-refractivity contribution in [1.29, 1.82) is 0 Å². The Kier molecular flexibility index (Phi) is 10.1. The Morgan fingerprint density at radius 2 is 1.49 bits per heavy atom. The van der Waals surface area contributed by atoms with E-state index in [0.717, 1.165) is 43.8 Å². The molecular weight excluding hydrogens is 574 g/mol. The van der Waals surface area contributed by atoms with E-state index in [9.17, 15) is 30.4 Å². The molecule has 4 rings (SSSR count). The van der Waals surface area contributed by atoms with Crippen molar-refractivity contribution < 1.29 is 35.5 Å². The third kappa shape index (κ3) is 8.48. The summed E-state index contributed by atoms with van der Waals surface area (Å²) in [6.07, 6.45) is 3.70. The minimum absolute atomic E-state index is 0.117. The molecule has 0 aromatic heterocycles. The van der Waals surface area contributed by atoms with Gasteiger partial charge in [-0.1, -0.05) is 12.1 Å². The first-order valence-corrected chi connectivity index (χ1v) is 17.6. The van der Waals surface area contributed by atoms with Crippen molar-refractivity contribution in [3.05, 3.63) is 65.2 Å². The summed E-state index contributed by atoms with van der Waals surface area (Å²) in [5.74, 6) is -1.26. The quantitative estimate of drug-likeness (QED) is 0.419. The molecule has 0 spiro atoms. The number of benzene rings is 2. The van der Waals surface area contributed by atoms with Crippen LogP contribution in [0.4, 0.5) is 13.6 Å². The van der Waals surface area contributed by atoms with Gasteiger partial charge in [0.1, 0.15) is 11.6 Å². The van der Waals surface area contributed by atoms with Crippen LogP contribution >= 0.6 is 0 Å². The molecule has 226 valence electrons. The number of likely N-dealkylation sites (tertiary alicyclic amines) is 2. The van der Waals surface area contributed by atoms with Crippen LogP contribution in [0.25, 0.3) is 0 Å². The first-order valence-electron chi connectivity index (χ1n) is 14.0. The second-order valence-electron chi connectivity index (χ2n) is 11.3. The Balaban J connectivity index is 1.32. The lowest BCUT2D eigenvalue weighted by molar-refractivity contribution is 0.136. The number of hydrogen-bond acceptors (Lipinski definition) is 6. The minimum atomic E-state index is -3.37. The number of amides is 1. The van der Waals surface area contributed by atoms with Crippen LogP contribution in [0.5, 0.6) is 0 Å². The fourth-order valence-corrected chi connectivity index (χ4v) is 8.52. The summed E-state index contributed by atoms with van der Waals surface area (Å²) in [5, 5.41) is 8.61. The maximum absolute atomic E-state index is 14.1. The van der Waals surface area contributed by atoms with Crippen LogP contribution in [0, 0.1) is 17.6 Å². The molecule has 1 atom stereocenters. The van der Waals surface area contributed by atoms with Gasteiger partial charge in [0.2, 0.25) is 0 Å². The number of halogens is 2. The first kappa shape index (κ1) is 31.4. The monoisotopic (exact) mass is 612 g/mol. The zero-order valence-corrected chi connectivity index (χ0v) is 24.8. The van der Waals surface area contributed by atoms with Crippen LogP contribution in [0.1, 0.15) is 55.6 Å². The maximum atomic E-state index is 14.1. The Labute approximate surface area is 241 Å². The van der Waals surface area contributed by atoms with E-state index in [-0.39, 0.29) is 35.6 Å². The predicted octanol–water partition coefficient (Wildman–Crippen LogP) is 4.55. The van der Waals surface area contributed by atoms with Gasteiger partial charge in [0.05, 0.1) is 15.9 Å². The summed E-state index contributed by atoms with van der Waals surface area (Å²) in [5.41, 5.74) is 1.26. The molecule has 2 heterocycles.